The molecule has 1 aliphatic rings. The second-order valence-electron chi connectivity index (χ2n) is 4.52. The Bertz CT molecular complexity index is 337. The van der Waals surface area contributed by atoms with Crippen LogP contribution in [0.2, 0.25) is 0 Å². The zero-order valence-electron chi connectivity index (χ0n) is 10.1. The highest BCUT2D eigenvalue weighted by Gasteiger charge is 2.18. The Labute approximate surface area is 97.2 Å². The summed E-state index contributed by atoms with van der Waals surface area (Å²) in [7, 11) is 1.80. The van der Waals surface area contributed by atoms with Gasteiger partial charge < -0.3 is 15.4 Å². The van der Waals surface area contributed by atoms with Crippen LogP contribution in [0, 0.1) is 6.92 Å². The van der Waals surface area contributed by atoms with Gasteiger partial charge in [-0.3, -0.25) is 0 Å². The van der Waals surface area contributed by atoms with Crippen molar-refractivity contribution in [2.75, 3.05) is 30.8 Å². The number of anilines is 2. The maximum absolute atomic E-state index is 5.87. The van der Waals surface area contributed by atoms with Crippen molar-refractivity contribution in [3.8, 4) is 0 Å². The number of hydrogen-bond donors (Lipinski definition) is 1. The quantitative estimate of drug-likeness (QED) is 0.776. The van der Waals surface area contributed by atoms with Crippen LogP contribution in [-0.2, 0) is 4.74 Å². The number of nitrogens with two attached hydrogens (primary N) is 1. The van der Waals surface area contributed by atoms with Gasteiger partial charge in [-0.25, -0.2) is 0 Å². The van der Waals surface area contributed by atoms with Crippen LogP contribution in [0.1, 0.15) is 18.4 Å². The van der Waals surface area contributed by atoms with E-state index in [9.17, 15) is 0 Å². The lowest BCUT2D eigenvalue weighted by molar-refractivity contribution is 0.0819. The number of methoxy groups -OCH3 is 1. The summed E-state index contributed by atoms with van der Waals surface area (Å²) in [6.45, 7) is 4.20. The fourth-order valence-electron chi connectivity index (χ4n) is 2.32. The van der Waals surface area contributed by atoms with Gasteiger partial charge in [-0.05, 0) is 43.5 Å². The molecule has 2 rings (SSSR count). The maximum Gasteiger partial charge on any atom is 0.0605 e. The zero-order chi connectivity index (χ0) is 11.5. The van der Waals surface area contributed by atoms with E-state index in [2.05, 4.69) is 24.0 Å². The average Bonchev–Trinajstić information content (AvgIpc) is 2.28. The number of hydrogen-bond acceptors (Lipinski definition) is 3. The van der Waals surface area contributed by atoms with E-state index in [0.29, 0.717) is 6.10 Å². The minimum absolute atomic E-state index is 0.429. The molecule has 0 bridgehead atoms. The molecule has 0 saturated carbocycles. The van der Waals surface area contributed by atoms with E-state index < -0.39 is 0 Å². The van der Waals surface area contributed by atoms with Crippen LogP contribution in [0.5, 0.6) is 0 Å². The van der Waals surface area contributed by atoms with E-state index in [-0.39, 0.29) is 0 Å². The van der Waals surface area contributed by atoms with Gasteiger partial charge in [0.25, 0.3) is 0 Å². The summed E-state index contributed by atoms with van der Waals surface area (Å²) in [6.07, 6.45) is 2.63. The third kappa shape index (κ3) is 2.47. The molecule has 1 saturated heterocycles. The van der Waals surface area contributed by atoms with Crippen LogP contribution in [0.25, 0.3) is 0 Å². The van der Waals surface area contributed by atoms with E-state index in [1.807, 2.05) is 6.07 Å². The lowest BCUT2D eigenvalue weighted by Gasteiger charge is -2.33. The molecule has 0 radical (unpaired) electrons. The lowest BCUT2D eigenvalue weighted by Crippen LogP contribution is -2.36. The van der Waals surface area contributed by atoms with Gasteiger partial charge >= 0.3 is 0 Å². The van der Waals surface area contributed by atoms with Crippen molar-refractivity contribution in [3.05, 3.63) is 23.8 Å². The Morgan fingerprint density at radius 2 is 1.94 bits per heavy atom. The highest BCUT2D eigenvalue weighted by Crippen LogP contribution is 2.24. The Kier molecular flexibility index (Phi) is 3.34. The van der Waals surface area contributed by atoms with E-state index >= 15 is 0 Å². The molecule has 0 spiro atoms. The molecular weight excluding hydrogens is 200 g/mol. The predicted molar refractivity (Wildman–Crippen MR) is 67.8 cm³/mol. The van der Waals surface area contributed by atoms with E-state index in [1.165, 1.54) is 11.3 Å². The van der Waals surface area contributed by atoms with Crippen molar-refractivity contribution >= 4 is 11.4 Å². The van der Waals surface area contributed by atoms with Crippen LogP contribution in [0.3, 0.4) is 0 Å². The summed E-state index contributed by atoms with van der Waals surface area (Å²) in [5.74, 6) is 0. The van der Waals surface area contributed by atoms with Gasteiger partial charge in [0.15, 0.2) is 0 Å². The molecule has 0 amide bonds. The topological polar surface area (TPSA) is 38.5 Å². The van der Waals surface area contributed by atoms with Gasteiger partial charge in [0.05, 0.1) is 6.10 Å². The van der Waals surface area contributed by atoms with Crippen molar-refractivity contribution in [1.82, 2.24) is 0 Å². The normalized spacial score (nSPS) is 17.8. The number of rotatable bonds is 2. The molecule has 3 heteroatoms. The van der Waals surface area contributed by atoms with Crippen molar-refractivity contribution in [2.24, 2.45) is 0 Å². The molecule has 0 atom stereocenters. The van der Waals surface area contributed by atoms with Crippen LogP contribution in [-0.4, -0.2) is 26.3 Å². The number of piperidine rings is 1. The van der Waals surface area contributed by atoms with Crippen molar-refractivity contribution in [2.45, 2.75) is 25.9 Å². The lowest BCUT2D eigenvalue weighted by atomic mass is 10.1. The molecule has 16 heavy (non-hydrogen) atoms. The summed E-state index contributed by atoms with van der Waals surface area (Å²) >= 11 is 0. The van der Waals surface area contributed by atoms with Gasteiger partial charge in [-0.15, -0.1) is 0 Å². The summed E-state index contributed by atoms with van der Waals surface area (Å²) < 4.78 is 5.37. The summed E-state index contributed by atoms with van der Waals surface area (Å²) in [5.41, 5.74) is 9.19. The monoisotopic (exact) mass is 220 g/mol. The molecule has 1 fully saturated rings. The van der Waals surface area contributed by atoms with Gasteiger partial charge in [0.1, 0.15) is 0 Å². The van der Waals surface area contributed by atoms with Gasteiger partial charge in [0, 0.05) is 31.6 Å². The number of nitrogens with zero attached hydrogens (tertiary/aromatic N) is 1. The maximum atomic E-state index is 5.87. The van der Waals surface area contributed by atoms with Crippen LogP contribution in [0.15, 0.2) is 18.2 Å². The molecule has 0 unspecified atom stereocenters. The number of benzene rings is 1. The van der Waals surface area contributed by atoms with Crippen molar-refractivity contribution in [1.29, 1.82) is 0 Å². The largest absolute Gasteiger partial charge is 0.399 e. The first-order chi connectivity index (χ1) is 7.69. The van der Waals surface area contributed by atoms with Crippen LogP contribution in [0.4, 0.5) is 11.4 Å². The first-order valence-electron chi connectivity index (χ1n) is 5.84. The number of nitrogen functional groups attached to an aromatic ring is 1. The smallest absolute Gasteiger partial charge is 0.0605 e. The minimum Gasteiger partial charge on any atom is -0.399 e. The fourth-order valence-corrected chi connectivity index (χ4v) is 2.32. The third-order valence-electron chi connectivity index (χ3n) is 3.22. The molecule has 88 valence electrons. The standard InChI is InChI=1S/C13H20N2O/c1-10-7-11(14)9-12(8-10)15-5-3-13(16-2)4-6-15/h7-9,13H,3-6,14H2,1-2H3. The molecule has 1 aromatic rings. The highest BCUT2D eigenvalue weighted by atomic mass is 16.5. The Morgan fingerprint density at radius 3 is 2.50 bits per heavy atom. The molecule has 3 nitrogen and oxygen atoms in total. The molecule has 1 aromatic carbocycles. The molecule has 0 aromatic heterocycles. The third-order valence-corrected chi connectivity index (χ3v) is 3.22. The van der Waals surface area contributed by atoms with Crippen LogP contribution < -0.4 is 10.6 Å². The van der Waals surface area contributed by atoms with E-state index in [4.69, 9.17) is 10.5 Å². The minimum atomic E-state index is 0.429. The van der Waals surface area contributed by atoms with E-state index in [1.54, 1.807) is 7.11 Å². The van der Waals surface area contributed by atoms with Crippen LogP contribution >= 0.6 is 0 Å². The summed E-state index contributed by atoms with van der Waals surface area (Å²) in [4.78, 5) is 2.39. The molecule has 1 heterocycles. The fraction of sp³-hybridized carbons (Fsp3) is 0.538. The Hall–Kier alpha value is -1.22. The molecule has 0 aliphatic carbocycles. The summed E-state index contributed by atoms with van der Waals surface area (Å²) in [6, 6.07) is 6.26. The van der Waals surface area contributed by atoms with Crippen molar-refractivity contribution < 1.29 is 4.74 Å². The summed E-state index contributed by atoms with van der Waals surface area (Å²) in [5, 5.41) is 0. The Balaban J connectivity index is 2.08. The first-order valence-corrected chi connectivity index (χ1v) is 5.84. The number of aryl methyl sites for hydroxylation is 1. The average molecular weight is 220 g/mol. The number of ether oxygens (including phenoxy) is 1. The zero-order valence-corrected chi connectivity index (χ0v) is 10.1. The second kappa shape index (κ2) is 4.74. The van der Waals surface area contributed by atoms with Crippen molar-refractivity contribution in [3.63, 3.8) is 0 Å². The second-order valence-corrected chi connectivity index (χ2v) is 4.52. The van der Waals surface area contributed by atoms with Gasteiger partial charge in [0.2, 0.25) is 0 Å². The SMILES string of the molecule is COC1CCN(c2cc(C)cc(N)c2)CC1. The molecular formula is C13H20N2O. The highest BCUT2D eigenvalue weighted by molar-refractivity contribution is 5.58. The van der Waals surface area contributed by atoms with Gasteiger partial charge in [-0.2, -0.15) is 0 Å². The van der Waals surface area contributed by atoms with E-state index in [0.717, 1.165) is 31.6 Å². The molecule has 2 N–H and O–H groups in total. The molecule has 1 aliphatic heterocycles. The first kappa shape index (κ1) is 11.3. The Morgan fingerprint density at radius 1 is 1.25 bits per heavy atom. The van der Waals surface area contributed by atoms with Gasteiger partial charge in [-0.1, -0.05) is 0 Å². The predicted octanol–water partition coefficient (Wildman–Crippen LogP) is 2.19.